The van der Waals surface area contributed by atoms with Crippen LogP contribution in [0.4, 0.5) is 5.69 Å². The van der Waals surface area contributed by atoms with Gasteiger partial charge in [-0.25, -0.2) is 0 Å². The molecule has 1 N–H and O–H groups in total. The molecule has 0 radical (unpaired) electrons. The van der Waals surface area contributed by atoms with Crippen LogP contribution in [0.5, 0.6) is 0 Å². The van der Waals surface area contributed by atoms with Crippen molar-refractivity contribution in [3.63, 3.8) is 0 Å². The Morgan fingerprint density at radius 1 is 1.08 bits per heavy atom. The average Bonchev–Trinajstić information content (AvgIpc) is 3.39. The number of benzene rings is 2. The summed E-state index contributed by atoms with van der Waals surface area (Å²) in [5.41, 5.74) is 1.64. The van der Waals surface area contributed by atoms with E-state index < -0.39 is 0 Å². The fourth-order valence-electron chi connectivity index (χ4n) is 2.78. The van der Waals surface area contributed by atoms with Gasteiger partial charge in [-0.1, -0.05) is 53.5 Å². The van der Waals surface area contributed by atoms with Crippen LogP contribution in [0.15, 0.2) is 48.5 Å². The molecule has 2 unspecified atom stereocenters. The van der Waals surface area contributed by atoms with Gasteiger partial charge in [0.2, 0.25) is 11.8 Å². The maximum Gasteiger partial charge on any atom is 0.228 e. The van der Waals surface area contributed by atoms with Crippen molar-refractivity contribution in [2.75, 3.05) is 12.4 Å². The van der Waals surface area contributed by atoms with Crippen molar-refractivity contribution >= 4 is 40.7 Å². The van der Waals surface area contributed by atoms with Gasteiger partial charge in [-0.3, -0.25) is 9.59 Å². The van der Waals surface area contributed by atoms with Gasteiger partial charge in [0, 0.05) is 19.3 Å². The Bertz CT molecular complexity index is 795. The molecule has 1 aliphatic rings. The van der Waals surface area contributed by atoms with E-state index in [1.165, 1.54) is 0 Å². The fraction of sp³-hybridized carbons (Fsp3) is 0.263. The van der Waals surface area contributed by atoms with E-state index in [1.807, 2.05) is 30.3 Å². The molecule has 0 aromatic heterocycles. The minimum absolute atomic E-state index is 0.00172. The van der Waals surface area contributed by atoms with Crippen molar-refractivity contribution in [1.82, 2.24) is 4.90 Å². The van der Waals surface area contributed by atoms with Crippen LogP contribution in [-0.4, -0.2) is 23.8 Å². The molecule has 130 valence electrons. The summed E-state index contributed by atoms with van der Waals surface area (Å²) in [6.07, 6.45) is 0.575. The van der Waals surface area contributed by atoms with Crippen molar-refractivity contribution in [2.24, 2.45) is 11.8 Å². The lowest BCUT2D eigenvalue weighted by molar-refractivity contribution is -0.133. The van der Waals surface area contributed by atoms with Crippen molar-refractivity contribution < 1.29 is 9.59 Å². The molecule has 1 fully saturated rings. The molecule has 1 aliphatic carbocycles. The number of halogens is 2. The number of hydrogen-bond acceptors (Lipinski definition) is 2. The molecule has 6 heteroatoms. The van der Waals surface area contributed by atoms with Crippen LogP contribution in [0.1, 0.15) is 12.0 Å². The highest BCUT2D eigenvalue weighted by Crippen LogP contribution is 2.41. The minimum atomic E-state index is -0.292. The van der Waals surface area contributed by atoms with E-state index >= 15 is 0 Å². The molecule has 25 heavy (non-hydrogen) atoms. The second kappa shape index (κ2) is 7.46. The lowest BCUT2D eigenvalue weighted by Crippen LogP contribution is -2.29. The number of nitrogens with zero attached hydrogens (tertiary/aromatic N) is 1. The first kappa shape index (κ1) is 17.8. The zero-order valence-corrected chi connectivity index (χ0v) is 15.2. The van der Waals surface area contributed by atoms with Gasteiger partial charge < -0.3 is 10.2 Å². The number of hydrogen-bond donors (Lipinski definition) is 1. The van der Waals surface area contributed by atoms with Gasteiger partial charge in [-0.05, 0) is 30.2 Å². The summed E-state index contributed by atoms with van der Waals surface area (Å²) in [5.74, 6) is -0.709. The van der Waals surface area contributed by atoms with E-state index in [1.54, 1.807) is 30.1 Å². The summed E-state index contributed by atoms with van der Waals surface area (Å²) in [4.78, 5) is 26.5. The topological polar surface area (TPSA) is 49.4 Å². The fourth-order valence-corrected chi connectivity index (χ4v) is 3.08. The number of carbonyl (C=O) groups excluding carboxylic acids is 2. The Hall–Kier alpha value is -2.04. The highest BCUT2D eigenvalue weighted by Gasteiger charge is 2.49. The molecule has 3 rings (SSSR count). The Balaban J connectivity index is 1.55. The normalized spacial score (nSPS) is 18.5. The van der Waals surface area contributed by atoms with Gasteiger partial charge >= 0.3 is 0 Å². The van der Waals surface area contributed by atoms with Crippen molar-refractivity contribution in [3.05, 3.63) is 64.1 Å². The van der Waals surface area contributed by atoms with Crippen LogP contribution in [0.2, 0.25) is 10.0 Å². The molecular formula is C19H18Cl2N2O2. The Morgan fingerprint density at radius 2 is 1.80 bits per heavy atom. The average molecular weight is 377 g/mol. The van der Waals surface area contributed by atoms with Gasteiger partial charge in [0.25, 0.3) is 0 Å². The van der Waals surface area contributed by atoms with Crippen LogP contribution < -0.4 is 5.32 Å². The molecule has 0 bridgehead atoms. The van der Waals surface area contributed by atoms with Crippen LogP contribution in [0, 0.1) is 11.8 Å². The number of amides is 2. The Labute approximate surface area is 156 Å². The van der Waals surface area contributed by atoms with Crippen molar-refractivity contribution in [3.8, 4) is 0 Å². The molecule has 0 aliphatic heterocycles. The van der Waals surface area contributed by atoms with Crippen LogP contribution in [0.25, 0.3) is 0 Å². The summed E-state index contributed by atoms with van der Waals surface area (Å²) in [6, 6.07) is 14.7. The first-order valence-electron chi connectivity index (χ1n) is 8.00. The smallest absolute Gasteiger partial charge is 0.228 e. The SMILES string of the molecule is CN(Cc1ccccc1)C(=O)C1CC1C(=O)Nc1ccc(Cl)c(Cl)c1. The van der Waals surface area contributed by atoms with Crippen LogP contribution in [0.3, 0.4) is 0 Å². The monoisotopic (exact) mass is 376 g/mol. The standard InChI is InChI=1S/C19H18Cl2N2O2/c1-23(11-12-5-3-2-4-6-12)19(25)15-10-14(15)18(24)22-13-7-8-16(20)17(21)9-13/h2-9,14-15H,10-11H2,1H3,(H,22,24). The van der Waals surface area contributed by atoms with Gasteiger partial charge in [0.1, 0.15) is 0 Å². The van der Waals surface area contributed by atoms with E-state index in [2.05, 4.69) is 5.32 Å². The predicted octanol–water partition coefficient (Wildman–Crippen LogP) is 4.23. The molecule has 0 spiro atoms. The third-order valence-corrected chi connectivity index (χ3v) is 5.01. The second-order valence-electron chi connectivity index (χ2n) is 6.25. The third kappa shape index (κ3) is 4.33. The Kier molecular flexibility index (Phi) is 5.30. The summed E-state index contributed by atoms with van der Waals surface area (Å²) >= 11 is 11.8. The van der Waals surface area contributed by atoms with Gasteiger partial charge in [0.15, 0.2) is 0 Å². The molecule has 2 aromatic carbocycles. The molecule has 2 amide bonds. The lowest BCUT2D eigenvalue weighted by Gasteiger charge is -2.17. The first-order chi connectivity index (χ1) is 12.0. The van der Waals surface area contributed by atoms with E-state index in [9.17, 15) is 9.59 Å². The molecule has 0 saturated heterocycles. The van der Waals surface area contributed by atoms with E-state index in [-0.39, 0.29) is 23.7 Å². The number of carbonyl (C=O) groups is 2. The lowest BCUT2D eigenvalue weighted by atomic mass is 10.2. The molecule has 0 heterocycles. The van der Waals surface area contributed by atoms with Gasteiger partial charge in [0.05, 0.1) is 21.9 Å². The second-order valence-corrected chi connectivity index (χ2v) is 7.06. The maximum atomic E-state index is 12.5. The summed E-state index contributed by atoms with van der Waals surface area (Å²) in [5, 5.41) is 3.60. The Morgan fingerprint density at radius 3 is 2.48 bits per heavy atom. The zero-order chi connectivity index (χ0) is 18.0. The van der Waals surface area contributed by atoms with Gasteiger partial charge in [-0.2, -0.15) is 0 Å². The highest BCUT2D eigenvalue weighted by molar-refractivity contribution is 6.42. The minimum Gasteiger partial charge on any atom is -0.341 e. The summed E-state index contributed by atoms with van der Waals surface area (Å²) in [6.45, 7) is 0.539. The molecule has 2 atom stereocenters. The van der Waals surface area contributed by atoms with Crippen molar-refractivity contribution in [2.45, 2.75) is 13.0 Å². The number of anilines is 1. The first-order valence-corrected chi connectivity index (χ1v) is 8.76. The van der Waals surface area contributed by atoms with E-state index in [4.69, 9.17) is 23.2 Å². The zero-order valence-electron chi connectivity index (χ0n) is 13.7. The van der Waals surface area contributed by atoms with Crippen molar-refractivity contribution in [1.29, 1.82) is 0 Å². The van der Waals surface area contributed by atoms with Gasteiger partial charge in [-0.15, -0.1) is 0 Å². The quantitative estimate of drug-likeness (QED) is 0.848. The number of nitrogens with one attached hydrogen (secondary N) is 1. The summed E-state index contributed by atoms with van der Waals surface area (Å²) in [7, 11) is 1.77. The highest BCUT2D eigenvalue weighted by atomic mass is 35.5. The molecule has 4 nitrogen and oxygen atoms in total. The molecule has 1 saturated carbocycles. The summed E-state index contributed by atoms with van der Waals surface area (Å²) < 4.78 is 0. The van der Waals surface area contributed by atoms with E-state index in [0.717, 1.165) is 5.56 Å². The van der Waals surface area contributed by atoms with E-state index in [0.29, 0.717) is 28.7 Å². The third-order valence-electron chi connectivity index (χ3n) is 4.27. The predicted molar refractivity (Wildman–Crippen MR) is 99.6 cm³/mol. The van der Waals surface area contributed by atoms with Crippen LogP contribution >= 0.6 is 23.2 Å². The number of rotatable bonds is 5. The molecule has 2 aromatic rings. The maximum absolute atomic E-state index is 12.5. The van der Waals surface area contributed by atoms with Crippen LogP contribution in [-0.2, 0) is 16.1 Å². The largest absolute Gasteiger partial charge is 0.341 e. The molecular weight excluding hydrogens is 359 g/mol.